The molecule has 1 aromatic heterocycles. The van der Waals surface area contributed by atoms with Crippen LogP contribution >= 0.6 is 0 Å². The lowest BCUT2D eigenvalue weighted by atomic mass is 10.2. The van der Waals surface area contributed by atoms with Crippen LogP contribution in [-0.2, 0) is 21.2 Å². The van der Waals surface area contributed by atoms with E-state index in [1.54, 1.807) is 4.90 Å². The maximum absolute atomic E-state index is 12.4. The lowest BCUT2D eigenvalue weighted by Crippen LogP contribution is -2.39. The molecule has 4 rings (SSSR count). The zero-order chi connectivity index (χ0) is 18.3. The van der Waals surface area contributed by atoms with E-state index < -0.39 is 15.8 Å². The SMILES string of the molecule is O=C(CNS(=O)(=O)c1ccc2[nH]c(=O)oc2c1)N1CCc2ccccc21. The molecule has 0 saturated carbocycles. The highest BCUT2D eigenvalue weighted by Gasteiger charge is 2.25. The Morgan fingerprint density at radius 3 is 2.88 bits per heavy atom. The Bertz CT molecular complexity index is 1160. The highest BCUT2D eigenvalue weighted by molar-refractivity contribution is 7.89. The number of rotatable bonds is 4. The lowest BCUT2D eigenvalue weighted by molar-refractivity contribution is -0.117. The number of benzene rings is 2. The van der Waals surface area contributed by atoms with Crippen LogP contribution in [0.25, 0.3) is 11.1 Å². The second-order valence-corrected chi connectivity index (χ2v) is 7.69. The smallest absolute Gasteiger partial charge is 0.408 e. The number of carbonyl (C=O) groups excluding carboxylic acids is 1. The van der Waals surface area contributed by atoms with E-state index in [0.717, 1.165) is 17.7 Å². The Morgan fingerprint density at radius 2 is 2.04 bits per heavy atom. The summed E-state index contributed by atoms with van der Waals surface area (Å²) >= 11 is 0. The van der Waals surface area contributed by atoms with Gasteiger partial charge < -0.3 is 9.32 Å². The van der Waals surface area contributed by atoms with Crippen molar-refractivity contribution < 1.29 is 17.6 Å². The number of H-pyrrole nitrogens is 1. The van der Waals surface area contributed by atoms with Crippen molar-refractivity contribution in [1.29, 1.82) is 0 Å². The Hall–Kier alpha value is -2.91. The second-order valence-electron chi connectivity index (χ2n) is 5.92. The summed E-state index contributed by atoms with van der Waals surface area (Å²) in [4.78, 5) is 27.5. The van der Waals surface area contributed by atoms with E-state index in [9.17, 15) is 18.0 Å². The predicted molar refractivity (Wildman–Crippen MR) is 94.5 cm³/mol. The molecule has 3 aromatic rings. The molecular weight excluding hydrogens is 358 g/mol. The lowest BCUT2D eigenvalue weighted by Gasteiger charge is -2.17. The quantitative estimate of drug-likeness (QED) is 0.708. The average molecular weight is 373 g/mol. The number of aromatic nitrogens is 1. The van der Waals surface area contributed by atoms with Crippen molar-refractivity contribution in [2.24, 2.45) is 0 Å². The van der Waals surface area contributed by atoms with Gasteiger partial charge in [0.05, 0.1) is 17.0 Å². The third kappa shape index (κ3) is 2.91. The van der Waals surface area contributed by atoms with Crippen LogP contribution < -0.4 is 15.4 Å². The molecule has 134 valence electrons. The number of aromatic amines is 1. The summed E-state index contributed by atoms with van der Waals surface area (Å²) in [5.74, 6) is -0.988. The van der Waals surface area contributed by atoms with Crippen molar-refractivity contribution >= 4 is 32.7 Å². The average Bonchev–Trinajstić information content (AvgIpc) is 3.21. The van der Waals surface area contributed by atoms with E-state index in [2.05, 4.69) is 9.71 Å². The van der Waals surface area contributed by atoms with Gasteiger partial charge in [0.2, 0.25) is 15.9 Å². The first kappa shape index (κ1) is 16.6. The number of sulfonamides is 1. The number of fused-ring (bicyclic) bond motifs is 2. The number of hydrogen-bond acceptors (Lipinski definition) is 5. The van der Waals surface area contributed by atoms with Gasteiger partial charge in [-0.25, -0.2) is 17.9 Å². The number of hydrogen-bond donors (Lipinski definition) is 2. The van der Waals surface area contributed by atoms with Gasteiger partial charge in [-0.2, -0.15) is 0 Å². The molecule has 2 N–H and O–H groups in total. The summed E-state index contributed by atoms with van der Waals surface area (Å²) < 4.78 is 32.0. The van der Waals surface area contributed by atoms with Crippen LogP contribution in [0, 0.1) is 0 Å². The van der Waals surface area contributed by atoms with Crippen molar-refractivity contribution in [3.8, 4) is 0 Å². The van der Waals surface area contributed by atoms with Gasteiger partial charge in [0.25, 0.3) is 0 Å². The molecule has 1 amide bonds. The fraction of sp³-hybridized carbons (Fsp3) is 0.176. The van der Waals surface area contributed by atoms with Gasteiger partial charge in [-0.15, -0.1) is 0 Å². The molecule has 0 unspecified atom stereocenters. The number of carbonyl (C=O) groups is 1. The fourth-order valence-corrected chi connectivity index (χ4v) is 4.02. The van der Waals surface area contributed by atoms with E-state index in [1.807, 2.05) is 24.3 Å². The molecule has 0 radical (unpaired) electrons. The molecule has 0 spiro atoms. The summed E-state index contributed by atoms with van der Waals surface area (Å²) in [5.41, 5.74) is 2.42. The van der Waals surface area contributed by atoms with E-state index >= 15 is 0 Å². The van der Waals surface area contributed by atoms with Gasteiger partial charge in [-0.3, -0.25) is 9.78 Å². The third-order valence-corrected chi connectivity index (χ3v) is 5.70. The highest BCUT2D eigenvalue weighted by Crippen LogP contribution is 2.27. The van der Waals surface area contributed by atoms with Gasteiger partial charge in [0, 0.05) is 18.3 Å². The molecule has 1 aliphatic rings. The number of nitrogens with one attached hydrogen (secondary N) is 2. The van der Waals surface area contributed by atoms with Crippen LogP contribution in [0.2, 0.25) is 0 Å². The number of anilines is 1. The highest BCUT2D eigenvalue weighted by atomic mass is 32.2. The Kier molecular flexibility index (Phi) is 3.89. The van der Waals surface area contributed by atoms with Crippen LogP contribution in [0.5, 0.6) is 0 Å². The molecule has 0 fully saturated rings. The minimum Gasteiger partial charge on any atom is -0.408 e. The summed E-state index contributed by atoms with van der Waals surface area (Å²) in [5, 5.41) is 0. The minimum absolute atomic E-state index is 0.0811. The standard InChI is InChI=1S/C17H15N3O5S/c21-16(20-8-7-11-3-1-2-4-14(11)20)10-18-26(23,24)12-5-6-13-15(9-12)25-17(22)19-13/h1-6,9,18H,7-8,10H2,(H,19,22). The monoisotopic (exact) mass is 373 g/mol. The summed E-state index contributed by atoms with van der Waals surface area (Å²) in [6, 6.07) is 11.6. The van der Waals surface area contributed by atoms with Gasteiger partial charge >= 0.3 is 5.76 Å². The van der Waals surface area contributed by atoms with Gasteiger partial charge in [-0.1, -0.05) is 18.2 Å². The minimum atomic E-state index is -3.92. The van der Waals surface area contributed by atoms with E-state index in [4.69, 9.17) is 4.42 Å². The van der Waals surface area contributed by atoms with Crippen LogP contribution in [-0.4, -0.2) is 32.4 Å². The van der Waals surface area contributed by atoms with Gasteiger partial charge in [0.1, 0.15) is 0 Å². The number of para-hydroxylation sites is 1. The van der Waals surface area contributed by atoms with E-state index in [-0.39, 0.29) is 22.9 Å². The Labute approximate surface area is 148 Å². The van der Waals surface area contributed by atoms with Crippen LogP contribution in [0.1, 0.15) is 5.56 Å². The molecule has 9 heteroatoms. The third-order valence-electron chi connectivity index (χ3n) is 4.30. The first-order valence-electron chi connectivity index (χ1n) is 7.95. The first-order chi connectivity index (χ1) is 12.4. The molecule has 2 aromatic carbocycles. The molecule has 0 bridgehead atoms. The van der Waals surface area contributed by atoms with Gasteiger partial charge in [-0.05, 0) is 30.2 Å². The van der Waals surface area contributed by atoms with Crippen molar-refractivity contribution in [2.45, 2.75) is 11.3 Å². The van der Waals surface area contributed by atoms with Crippen molar-refractivity contribution in [2.75, 3.05) is 18.0 Å². The molecule has 2 heterocycles. The first-order valence-corrected chi connectivity index (χ1v) is 9.43. The van der Waals surface area contributed by atoms with Crippen molar-refractivity contribution in [1.82, 2.24) is 9.71 Å². The Balaban J connectivity index is 1.51. The molecule has 1 aliphatic heterocycles. The zero-order valence-electron chi connectivity index (χ0n) is 13.6. The molecule has 0 saturated heterocycles. The predicted octanol–water partition coefficient (Wildman–Crippen LogP) is 0.989. The summed E-state index contributed by atoms with van der Waals surface area (Å²) in [6.45, 7) is 0.173. The van der Waals surface area contributed by atoms with Crippen LogP contribution in [0.15, 0.2) is 56.6 Å². The van der Waals surface area contributed by atoms with E-state index in [0.29, 0.717) is 12.1 Å². The maximum atomic E-state index is 12.4. The maximum Gasteiger partial charge on any atom is 0.417 e. The topological polar surface area (TPSA) is 112 Å². The molecule has 0 atom stereocenters. The van der Waals surface area contributed by atoms with Crippen molar-refractivity contribution in [3.63, 3.8) is 0 Å². The van der Waals surface area contributed by atoms with Gasteiger partial charge in [0.15, 0.2) is 5.58 Å². The molecule has 8 nitrogen and oxygen atoms in total. The number of amides is 1. The largest absolute Gasteiger partial charge is 0.417 e. The van der Waals surface area contributed by atoms with Crippen LogP contribution in [0.4, 0.5) is 5.69 Å². The Morgan fingerprint density at radius 1 is 1.23 bits per heavy atom. The second kappa shape index (κ2) is 6.11. The van der Waals surface area contributed by atoms with E-state index in [1.165, 1.54) is 18.2 Å². The molecular formula is C17H15N3O5S. The zero-order valence-corrected chi connectivity index (χ0v) is 14.4. The van der Waals surface area contributed by atoms with Crippen LogP contribution in [0.3, 0.4) is 0 Å². The molecule has 0 aliphatic carbocycles. The number of oxazole rings is 1. The summed E-state index contributed by atoms with van der Waals surface area (Å²) in [7, 11) is -3.92. The fourth-order valence-electron chi connectivity index (χ4n) is 3.03. The van der Waals surface area contributed by atoms with Crippen molar-refractivity contribution in [3.05, 3.63) is 58.6 Å². The summed E-state index contributed by atoms with van der Waals surface area (Å²) in [6.07, 6.45) is 0.748. The molecule has 26 heavy (non-hydrogen) atoms. The normalized spacial score (nSPS) is 13.9. The number of nitrogens with zero attached hydrogens (tertiary/aromatic N) is 1.